The van der Waals surface area contributed by atoms with E-state index in [1.807, 2.05) is 19.9 Å². The predicted octanol–water partition coefficient (Wildman–Crippen LogP) is 3.24. The van der Waals surface area contributed by atoms with Gasteiger partial charge < -0.3 is 42.5 Å². The maximum Gasteiger partial charge on any atom is 0.339 e. The number of hydrogen-bond acceptors (Lipinski definition) is 9. The van der Waals surface area contributed by atoms with Gasteiger partial charge in [0.15, 0.2) is 0 Å². The van der Waals surface area contributed by atoms with Crippen LogP contribution in [-0.2, 0) is 0 Å². The van der Waals surface area contributed by atoms with Crippen LogP contribution >= 0.6 is 0 Å². The molecule has 0 saturated heterocycles. The maximum absolute atomic E-state index is 11.0. The van der Waals surface area contributed by atoms with Gasteiger partial charge in [0.25, 0.3) is 0 Å². The zero-order valence-electron chi connectivity index (χ0n) is 19.4. The number of rotatable bonds is 8. The highest BCUT2D eigenvalue weighted by Crippen LogP contribution is 2.25. The number of carbonyl (C=O) groups is 2. The summed E-state index contributed by atoms with van der Waals surface area (Å²) < 4.78 is 0. The van der Waals surface area contributed by atoms with Crippen molar-refractivity contribution >= 4 is 34.7 Å². The molecule has 11 nitrogen and oxygen atoms in total. The maximum atomic E-state index is 11.0. The molecule has 186 valence electrons. The Labute approximate surface area is 206 Å². The van der Waals surface area contributed by atoms with E-state index in [2.05, 4.69) is 15.6 Å². The summed E-state index contributed by atoms with van der Waals surface area (Å²) in [5.74, 6) is -3.25. The summed E-state index contributed by atoms with van der Waals surface area (Å²) in [4.78, 5) is 26.7. The third-order valence-electron chi connectivity index (χ3n) is 5.20. The standard InChI is InChI=1S/C25H25N5O6/c1-12-7-13(2)23(19(27)11-29-15-4-6-17(25(35)36)21(32)9-15)30-22(12)18(26)10-28-14-3-5-16(24(33)34)20(31)8-14/h3-11,28-29,31-32H,26-27H2,1-2H3,(H,33,34)(H,35,36)/b18-10-,19-11-. The third-order valence-corrected chi connectivity index (χ3v) is 5.20. The van der Waals surface area contributed by atoms with Gasteiger partial charge in [-0.2, -0.15) is 0 Å². The molecule has 10 N–H and O–H groups in total. The number of aryl methyl sites for hydroxylation is 2. The molecule has 0 radical (unpaired) electrons. The zero-order chi connectivity index (χ0) is 26.6. The first-order valence-electron chi connectivity index (χ1n) is 10.5. The number of aromatic nitrogens is 1. The molecule has 3 rings (SSSR count). The minimum atomic E-state index is -1.24. The van der Waals surface area contributed by atoms with Crippen molar-refractivity contribution in [1.82, 2.24) is 4.98 Å². The summed E-state index contributed by atoms with van der Waals surface area (Å²) in [5.41, 5.74) is 15.9. The van der Waals surface area contributed by atoms with Gasteiger partial charge in [-0.1, -0.05) is 6.07 Å². The van der Waals surface area contributed by atoms with Crippen molar-refractivity contribution < 1.29 is 30.0 Å². The number of aromatic hydroxyl groups is 2. The van der Waals surface area contributed by atoms with Gasteiger partial charge in [-0.15, -0.1) is 0 Å². The van der Waals surface area contributed by atoms with E-state index in [1.54, 1.807) is 0 Å². The van der Waals surface area contributed by atoms with Crippen LogP contribution in [-0.4, -0.2) is 37.3 Å². The topological polar surface area (TPSA) is 204 Å². The monoisotopic (exact) mass is 491 g/mol. The molecule has 1 heterocycles. The Kier molecular flexibility index (Phi) is 7.34. The fraction of sp³-hybridized carbons (Fsp3) is 0.0800. The number of phenols is 2. The number of anilines is 2. The van der Waals surface area contributed by atoms with Gasteiger partial charge >= 0.3 is 11.9 Å². The minimum Gasteiger partial charge on any atom is -0.507 e. The van der Waals surface area contributed by atoms with Crippen molar-refractivity contribution in [2.75, 3.05) is 10.6 Å². The number of benzene rings is 2. The lowest BCUT2D eigenvalue weighted by molar-refractivity contribution is 0.0682. The van der Waals surface area contributed by atoms with Crippen LogP contribution in [0.5, 0.6) is 11.5 Å². The number of nitrogens with two attached hydrogens (primary N) is 2. The van der Waals surface area contributed by atoms with Crippen LogP contribution in [0.15, 0.2) is 54.9 Å². The highest BCUT2D eigenvalue weighted by molar-refractivity contribution is 5.92. The van der Waals surface area contributed by atoms with Crippen molar-refractivity contribution in [1.29, 1.82) is 0 Å². The lowest BCUT2D eigenvalue weighted by Gasteiger charge is -2.13. The summed E-state index contributed by atoms with van der Waals surface area (Å²) in [6.07, 6.45) is 2.93. The zero-order valence-corrected chi connectivity index (χ0v) is 19.4. The molecule has 11 heteroatoms. The first-order valence-corrected chi connectivity index (χ1v) is 10.5. The van der Waals surface area contributed by atoms with Crippen molar-refractivity contribution in [3.63, 3.8) is 0 Å². The molecular weight excluding hydrogens is 466 g/mol. The molecule has 0 aliphatic carbocycles. The Morgan fingerprint density at radius 1 is 0.750 bits per heavy atom. The highest BCUT2D eigenvalue weighted by atomic mass is 16.4. The Morgan fingerprint density at radius 2 is 1.14 bits per heavy atom. The molecule has 36 heavy (non-hydrogen) atoms. The highest BCUT2D eigenvalue weighted by Gasteiger charge is 2.13. The molecule has 0 saturated carbocycles. The second-order valence-corrected chi connectivity index (χ2v) is 7.88. The fourth-order valence-corrected chi connectivity index (χ4v) is 3.40. The smallest absolute Gasteiger partial charge is 0.339 e. The van der Waals surface area contributed by atoms with Crippen LogP contribution in [0.1, 0.15) is 43.2 Å². The van der Waals surface area contributed by atoms with E-state index < -0.39 is 11.9 Å². The normalized spacial score (nSPS) is 11.7. The van der Waals surface area contributed by atoms with Crippen molar-refractivity contribution in [3.05, 3.63) is 88.5 Å². The van der Waals surface area contributed by atoms with E-state index in [1.165, 1.54) is 48.8 Å². The van der Waals surface area contributed by atoms with Gasteiger partial charge in [0.1, 0.15) is 22.6 Å². The minimum absolute atomic E-state index is 0.220. The molecule has 1 aromatic heterocycles. The first kappa shape index (κ1) is 25.4. The van der Waals surface area contributed by atoms with Gasteiger partial charge in [-0.25, -0.2) is 14.6 Å². The van der Waals surface area contributed by atoms with Crippen molar-refractivity contribution in [3.8, 4) is 11.5 Å². The van der Waals surface area contributed by atoms with E-state index in [0.29, 0.717) is 22.8 Å². The lowest BCUT2D eigenvalue weighted by Crippen LogP contribution is -2.11. The summed E-state index contributed by atoms with van der Waals surface area (Å²) in [7, 11) is 0. The van der Waals surface area contributed by atoms with Crippen molar-refractivity contribution in [2.24, 2.45) is 11.5 Å². The summed E-state index contributed by atoms with van der Waals surface area (Å²) in [5, 5.41) is 43.5. The number of carboxylic acids is 2. The first-order chi connectivity index (χ1) is 17.0. The van der Waals surface area contributed by atoms with E-state index >= 15 is 0 Å². The molecular formula is C25H25N5O6. The number of aromatic carboxylic acids is 2. The molecule has 0 spiro atoms. The van der Waals surface area contributed by atoms with Gasteiger partial charge in [-0.05, 0) is 49.2 Å². The quantitative estimate of drug-likeness (QED) is 0.230. The van der Waals surface area contributed by atoms with Gasteiger partial charge in [0.2, 0.25) is 0 Å². The molecule has 0 aliphatic heterocycles. The lowest BCUT2D eigenvalue weighted by atomic mass is 10.1. The van der Waals surface area contributed by atoms with Crippen LogP contribution < -0.4 is 22.1 Å². The van der Waals surface area contributed by atoms with Gasteiger partial charge in [0.05, 0.1) is 22.8 Å². The number of nitrogens with one attached hydrogen (secondary N) is 2. The molecule has 0 amide bonds. The average Bonchev–Trinajstić information content (AvgIpc) is 2.80. The average molecular weight is 492 g/mol. The van der Waals surface area contributed by atoms with E-state index in [4.69, 9.17) is 21.7 Å². The summed E-state index contributed by atoms with van der Waals surface area (Å²) in [6.45, 7) is 3.66. The van der Waals surface area contributed by atoms with Crippen LogP contribution in [0, 0.1) is 13.8 Å². The summed E-state index contributed by atoms with van der Waals surface area (Å²) >= 11 is 0. The van der Waals surface area contributed by atoms with Gasteiger partial charge in [0, 0.05) is 35.9 Å². The second-order valence-electron chi connectivity index (χ2n) is 7.88. The Hall–Kier alpha value is -5.19. The van der Waals surface area contributed by atoms with Crippen molar-refractivity contribution in [2.45, 2.75) is 13.8 Å². The number of hydrogen-bond donors (Lipinski definition) is 8. The molecule has 3 aromatic rings. The fourth-order valence-electron chi connectivity index (χ4n) is 3.40. The van der Waals surface area contributed by atoms with E-state index in [0.717, 1.165) is 11.1 Å². The SMILES string of the molecule is Cc1cc(C)c(/C(N)=C/Nc2ccc(C(=O)O)c(O)c2)nc1/C(N)=C/Nc1ccc(C(=O)O)c(O)c1. The molecule has 0 aliphatic rings. The van der Waals surface area contributed by atoms with Gasteiger partial charge in [-0.3, -0.25) is 0 Å². The molecule has 2 aromatic carbocycles. The van der Waals surface area contributed by atoms with Crippen LogP contribution in [0.25, 0.3) is 11.4 Å². The molecule has 0 unspecified atom stereocenters. The molecule has 0 atom stereocenters. The largest absolute Gasteiger partial charge is 0.507 e. The van der Waals surface area contributed by atoms with E-state index in [9.17, 15) is 19.8 Å². The second kappa shape index (κ2) is 10.4. The number of pyridine rings is 1. The Morgan fingerprint density at radius 3 is 1.47 bits per heavy atom. The van der Waals surface area contributed by atoms with E-state index in [-0.39, 0.29) is 34.0 Å². The third kappa shape index (κ3) is 5.65. The summed E-state index contributed by atoms with van der Waals surface area (Å²) in [6, 6.07) is 9.90. The van der Waals surface area contributed by atoms with Crippen LogP contribution in [0.2, 0.25) is 0 Å². The molecule has 0 fully saturated rings. The Balaban J connectivity index is 1.84. The predicted molar refractivity (Wildman–Crippen MR) is 135 cm³/mol. The van der Waals surface area contributed by atoms with Crippen LogP contribution in [0.3, 0.4) is 0 Å². The number of nitrogens with zero attached hydrogens (tertiary/aromatic N) is 1. The Bertz CT molecular complexity index is 1310. The van der Waals surface area contributed by atoms with Crippen LogP contribution in [0.4, 0.5) is 11.4 Å². The molecule has 0 bridgehead atoms. The number of carboxylic acid groups (broad SMARTS) is 2.